The molecule has 0 unspecified atom stereocenters. The van der Waals surface area contributed by atoms with E-state index in [-0.39, 0.29) is 12.4 Å². The van der Waals surface area contributed by atoms with Crippen molar-refractivity contribution in [3.05, 3.63) is 53.1 Å². The van der Waals surface area contributed by atoms with Gasteiger partial charge in [0.15, 0.2) is 17.3 Å². The summed E-state index contributed by atoms with van der Waals surface area (Å²) in [5, 5.41) is 10.5. The Hall–Kier alpha value is -2.57. The maximum Gasteiger partial charge on any atom is 0.161 e. The lowest BCUT2D eigenvalue weighted by atomic mass is 10.1. The van der Waals surface area contributed by atoms with Crippen molar-refractivity contribution in [3.63, 3.8) is 0 Å². The van der Waals surface area contributed by atoms with Crippen LogP contribution in [-0.2, 0) is 0 Å². The molecule has 1 N–H and O–H groups in total. The van der Waals surface area contributed by atoms with Crippen LogP contribution in [0.25, 0.3) is 0 Å². The molecular formula is C24H32N2O4. The third kappa shape index (κ3) is 5.32. The molecule has 1 heterocycles. The first-order valence-corrected chi connectivity index (χ1v) is 10.4. The first-order valence-electron chi connectivity index (χ1n) is 10.4. The monoisotopic (exact) mass is 412 g/mol. The highest BCUT2D eigenvalue weighted by Gasteiger charge is 2.21. The number of β-amino-alcohol motifs (C(OH)–C–C–N with tert-alkyl or cyclic N) is 1. The summed E-state index contributed by atoms with van der Waals surface area (Å²) in [5.74, 6) is 0.998. The van der Waals surface area contributed by atoms with E-state index in [0.29, 0.717) is 23.6 Å². The van der Waals surface area contributed by atoms with Crippen LogP contribution in [-0.4, -0.2) is 68.3 Å². The second-order valence-electron chi connectivity index (χ2n) is 7.89. The van der Waals surface area contributed by atoms with E-state index in [9.17, 15) is 9.90 Å². The van der Waals surface area contributed by atoms with Gasteiger partial charge >= 0.3 is 0 Å². The molecule has 3 rings (SSSR count). The number of aliphatic hydroxyl groups is 1. The van der Waals surface area contributed by atoms with Gasteiger partial charge in [0.05, 0.1) is 7.11 Å². The van der Waals surface area contributed by atoms with Gasteiger partial charge in [-0.2, -0.15) is 0 Å². The highest BCUT2D eigenvalue weighted by Crippen LogP contribution is 2.28. The second kappa shape index (κ2) is 9.96. The number of Topliss-reactive ketones (excluding diaryl/α,β-unsaturated/α-hetero) is 1. The minimum Gasteiger partial charge on any atom is -0.493 e. The number of nitrogens with zero attached hydrogens (tertiary/aromatic N) is 2. The topological polar surface area (TPSA) is 62.2 Å². The number of aliphatic hydroxyl groups excluding tert-OH is 1. The molecule has 30 heavy (non-hydrogen) atoms. The molecule has 1 fully saturated rings. The van der Waals surface area contributed by atoms with Crippen molar-refractivity contribution in [1.82, 2.24) is 4.90 Å². The van der Waals surface area contributed by atoms with E-state index in [1.807, 2.05) is 0 Å². The third-order valence-electron chi connectivity index (χ3n) is 5.76. The summed E-state index contributed by atoms with van der Waals surface area (Å²) in [6, 6.07) is 11.5. The molecule has 0 bridgehead atoms. The number of hydrogen-bond acceptors (Lipinski definition) is 6. The van der Waals surface area contributed by atoms with Crippen LogP contribution < -0.4 is 14.4 Å². The van der Waals surface area contributed by atoms with Crippen molar-refractivity contribution < 1.29 is 19.4 Å². The molecule has 1 saturated heterocycles. The van der Waals surface area contributed by atoms with Gasteiger partial charge in [-0.3, -0.25) is 9.69 Å². The van der Waals surface area contributed by atoms with E-state index in [2.05, 4.69) is 41.8 Å². The Labute approximate surface area is 179 Å². The average Bonchev–Trinajstić information content (AvgIpc) is 2.74. The van der Waals surface area contributed by atoms with Gasteiger partial charge in [-0.1, -0.05) is 12.1 Å². The first kappa shape index (κ1) is 22.1. The summed E-state index contributed by atoms with van der Waals surface area (Å²) in [7, 11) is 1.54. The van der Waals surface area contributed by atoms with Crippen LogP contribution in [0.3, 0.4) is 0 Å². The zero-order valence-corrected chi connectivity index (χ0v) is 18.4. The van der Waals surface area contributed by atoms with Crippen LogP contribution in [0.4, 0.5) is 5.69 Å². The van der Waals surface area contributed by atoms with E-state index >= 15 is 0 Å². The van der Waals surface area contributed by atoms with Crippen LogP contribution >= 0.6 is 0 Å². The molecule has 6 nitrogen and oxygen atoms in total. The van der Waals surface area contributed by atoms with Crippen molar-refractivity contribution in [2.24, 2.45) is 0 Å². The Morgan fingerprint density at radius 2 is 1.83 bits per heavy atom. The Kier molecular flexibility index (Phi) is 7.34. The van der Waals surface area contributed by atoms with E-state index in [1.165, 1.54) is 30.8 Å². The Bertz CT molecular complexity index is 876. The molecule has 6 heteroatoms. The van der Waals surface area contributed by atoms with Crippen molar-refractivity contribution in [1.29, 1.82) is 0 Å². The maximum atomic E-state index is 11.5. The molecule has 0 spiro atoms. The van der Waals surface area contributed by atoms with Gasteiger partial charge in [-0.05, 0) is 56.2 Å². The number of methoxy groups -OCH3 is 1. The minimum absolute atomic E-state index is 0.0279. The molecule has 0 saturated carbocycles. The fourth-order valence-electron chi connectivity index (χ4n) is 3.79. The van der Waals surface area contributed by atoms with Crippen LogP contribution in [0.2, 0.25) is 0 Å². The molecule has 0 amide bonds. The lowest BCUT2D eigenvalue weighted by molar-refractivity contribution is 0.0653. The molecule has 2 aromatic rings. The largest absolute Gasteiger partial charge is 0.493 e. The van der Waals surface area contributed by atoms with Gasteiger partial charge in [0.25, 0.3) is 0 Å². The number of ether oxygens (including phenoxy) is 2. The van der Waals surface area contributed by atoms with Crippen molar-refractivity contribution in [3.8, 4) is 11.5 Å². The van der Waals surface area contributed by atoms with Gasteiger partial charge in [-0.15, -0.1) is 0 Å². The SMILES string of the molecule is COc1cc(C(C)=O)ccc1OC[C@H](O)CN1CCN(c2cccc(C)c2C)CC1. The molecule has 2 aromatic carbocycles. The lowest BCUT2D eigenvalue weighted by Gasteiger charge is -2.37. The zero-order chi connectivity index (χ0) is 21.7. The molecule has 0 radical (unpaired) electrons. The fourth-order valence-corrected chi connectivity index (χ4v) is 3.79. The molecule has 1 aliphatic rings. The van der Waals surface area contributed by atoms with Crippen LogP contribution in [0, 0.1) is 13.8 Å². The van der Waals surface area contributed by atoms with Crippen LogP contribution in [0.15, 0.2) is 36.4 Å². The Morgan fingerprint density at radius 3 is 2.50 bits per heavy atom. The first-order chi connectivity index (χ1) is 14.4. The van der Waals surface area contributed by atoms with Gasteiger partial charge in [0.2, 0.25) is 0 Å². The molecule has 1 aliphatic heterocycles. The van der Waals surface area contributed by atoms with Gasteiger partial charge in [-0.25, -0.2) is 0 Å². The second-order valence-corrected chi connectivity index (χ2v) is 7.89. The van der Waals surface area contributed by atoms with Crippen molar-refractivity contribution >= 4 is 11.5 Å². The highest BCUT2D eigenvalue weighted by atomic mass is 16.5. The molecular weight excluding hydrogens is 380 g/mol. The van der Waals surface area contributed by atoms with E-state index in [0.717, 1.165) is 26.2 Å². The number of ketones is 1. The summed E-state index contributed by atoms with van der Waals surface area (Å²) < 4.78 is 11.1. The predicted octanol–water partition coefficient (Wildman–Crippen LogP) is 3.08. The highest BCUT2D eigenvalue weighted by molar-refractivity contribution is 5.94. The smallest absolute Gasteiger partial charge is 0.161 e. The van der Waals surface area contributed by atoms with Gasteiger partial charge in [0.1, 0.15) is 12.7 Å². The van der Waals surface area contributed by atoms with Crippen molar-refractivity contribution in [2.45, 2.75) is 26.9 Å². The average molecular weight is 413 g/mol. The molecule has 162 valence electrons. The normalized spacial score (nSPS) is 15.7. The zero-order valence-electron chi connectivity index (χ0n) is 18.4. The number of carbonyl (C=O) groups excluding carboxylic acids is 1. The van der Waals surface area contributed by atoms with Gasteiger partial charge < -0.3 is 19.5 Å². The Morgan fingerprint density at radius 1 is 1.10 bits per heavy atom. The van der Waals surface area contributed by atoms with E-state index in [4.69, 9.17) is 9.47 Å². The number of rotatable bonds is 8. The number of aryl methyl sites for hydroxylation is 1. The summed E-state index contributed by atoms with van der Waals surface area (Å²) in [6.07, 6.45) is -0.602. The van der Waals surface area contributed by atoms with Crippen molar-refractivity contribution in [2.75, 3.05) is 51.3 Å². The summed E-state index contributed by atoms with van der Waals surface area (Å²) in [6.45, 7) is 10.3. The molecule has 0 aromatic heterocycles. The Balaban J connectivity index is 1.49. The summed E-state index contributed by atoms with van der Waals surface area (Å²) in [5.41, 5.74) is 4.53. The van der Waals surface area contributed by atoms with E-state index in [1.54, 1.807) is 18.2 Å². The number of benzene rings is 2. The summed E-state index contributed by atoms with van der Waals surface area (Å²) >= 11 is 0. The minimum atomic E-state index is -0.602. The quantitative estimate of drug-likeness (QED) is 0.673. The standard InChI is InChI=1S/C24H32N2O4/c1-17-6-5-7-22(18(17)2)26-12-10-25(11-13-26)15-21(28)16-30-23-9-8-20(19(3)27)14-24(23)29-4/h5-9,14,21,28H,10-13,15-16H2,1-4H3/t21-/m1/s1. The van der Waals surface area contributed by atoms with Crippen LogP contribution in [0.1, 0.15) is 28.4 Å². The number of carbonyl (C=O) groups is 1. The number of anilines is 1. The molecule has 0 aliphatic carbocycles. The third-order valence-corrected chi connectivity index (χ3v) is 5.76. The van der Waals surface area contributed by atoms with Gasteiger partial charge in [0, 0.05) is 44.0 Å². The molecule has 1 atom stereocenters. The van der Waals surface area contributed by atoms with Crippen LogP contribution in [0.5, 0.6) is 11.5 Å². The number of hydrogen-bond donors (Lipinski definition) is 1. The summed E-state index contributed by atoms with van der Waals surface area (Å²) in [4.78, 5) is 16.2. The lowest BCUT2D eigenvalue weighted by Crippen LogP contribution is -2.49. The number of piperazine rings is 1. The fraction of sp³-hybridized carbons (Fsp3) is 0.458. The van der Waals surface area contributed by atoms with E-state index < -0.39 is 6.10 Å². The predicted molar refractivity (Wildman–Crippen MR) is 119 cm³/mol. The maximum absolute atomic E-state index is 11.5.